The number of hydrogen-bond acceptors (Lipinski definition) is 6. The molecule has 6 nitrogen and oxygen atoms in total. The summed E-state index contributed by atoms with van der Waals surface area (Å²) in [6, 6.07) is 14.3. The van der Waals surface area contributed by atoms with Crippen molar-refractivity contribution in [2.24, 2.45) is 0 Å². The van der Waals surface area contributed by atoms with Gasteiger partial charge in [-0.1, -0.05) is 76.6 Å². The maximum atomic E-state index is 12.1. The summed E-state index contributed by atoms with van der Waals surface area (Å²) in [4.78, 5) is 43.0. The average Bonchev–Trinajstić information content (AvgIpc) is 2.87. The number of carbonyl (C=O) groups is 2. The molecule has 0 aromatic heterocycles. The van der Waals surface area contributed by atoms with Gasteiger partial charge in [-0.15, -0.1) is 0 Å². The summed E-state index contributed by atoms with van der Waals surface area (Å²) in [5.41, 5.74) is 2.99. The first kappa shape index (κ1) is 27.0. The molecule has 0 aliphatic heterocycles. The van der Waals surface area contributed by atoms with Crippen LogP contribution in [-0.2, 0) is 32.4 Å². The number of hydrogen-bond donors (Lipinski definition) is 0. The van der Waals surface area contributed by atoms with E-state index in [-0.39, 0.29) is 0 Å². The Balaban J connectivity index is 1.68. The molecule has 34 heavy (non-hydrogen) atoms. The maximum absolute atomic E-state index is 12.1. The smallest absolute Gasteiger partial charge is 0.243 e. The lowest BCUT2D eigenvalue weighted by Crippen LogP contribution is -2.10. The highest BCUT2D eigenvalue weighted by atomic mass is 17.3. The van der Waals surface area contributed by atoms with E-state index in [9.17, 15) is 9.59 Å². The zero-order valence-electron chi connectivity index (χ0n) is 20.3. The van der Waals surface area contributed by atoms with Crippen LogP contribution in [0.5, 0.6) is 0 Å². The second-order valence-corrected chi connectivity index (χ2v) is 8.30. The summed E-state index contributed by atoms with van der Waals surface area (Å²) in [5.74, 6) is -1.88. The molecule has 0 radical (unpaired) electrons. The van der Waals surface area contributed by atoms with Crippen molar-refractivity contribution in [2.75, 3.05) is 0 Å². The minimum Gasteiger partial charge on any atom is -0.243 e. The minimum absolute atomic E-state index is 0.330. The van der Waals surface area contributed by atoms with Gasteiger partial charge < -0.3 is 0 Å². The van der Waals surface area contributed by atoms with Crippen LogP contribution in [0.1, 0.15) is 97.1 Å². The monoisotopic (exact) mass is 468 g/mol. The molecule has 2 aromatic carbocycles. The zero-order chi connectivity index (χ0) is 24.6. The highest BCUT2D eigenvalue weighted by molar-refractivity contribution is 5.89. The standard InChI is InChI=1S/C28H36O6/c1-4-6-8-10-12-23-14-18-25(19-15-23)27(29)33-31-22(3)32-34-28(30)26-20-16-24(17-21-26)13-11-9-7-5-2/h14-21H,3-13H2,1-2H3. The van der Waals surface area contributed by atoms with Crippen LogP contribution in [0.25, 0.3) is 0 Å². The minimum atomic E-state index is -0.705. The summed E-state index contributed by atoms with van der Waals surface area (Å²) in [5, 5.41) is 0. The Morgan fingerprint density at radius 2 is 0.971 bits per heavy atom. The van der Waals surface area contributed by atoms with E-state index in [1.807, 2.05) is 24.3 Å². The van der Waals surface area contributed by atoms with Crippen molar-refractivity contribution in [1.82, 2.24) is 0 Å². The fraction of sp³-hybridized carbons (Fsp3) is 0.429. The van der Waals surface area contributed by atoms with Crippen LogP contribution in [0.4, 0.5) is 0 Å². The average molecular weight is 469 g/mol. The molecule has 0 aliphatic carbocycles. The predicted octanol–water partition coefficient (Wildman–Crippen LogP) is 7.28. The Morgan fingerprint density at radius 3 is 1.32 bits per heavy atom. The van der Waals surface area contributed by atoms with Gasteiger partial charge in [0.25, 0.3) is 0 Å². The Labute approximate surface area is 202 Å². The first-order valence-electron chi connectivity index (χ1n) is 12.2. The predicted molar refractivity (Wildman–Crippen MR) is 131 cm³/mol. The fourth-order valence-corrected chi connectivity index (χ4v) is 3.41. The molecular formula is C28H36O6. The molecule has 0 bridgehead atoms. The highest BCUT2D eigenvalue weighted by Crippen LogP contribution is 2.13. The fourth-order valence-electron chi connectivity index (χ4n) is 3.41. The van der Waals surface area contributed by atoms with E-state index in [1.54, 1.807) is 24.3 Å². The Hall–Kier alpha value is -3.28. The summed E-state index contributed by atoms with van der Waals surface area (Å²) >= 11 is 0. The van der Waals surface area contributed by atoms with Gasteiger partial charge >= 0.3 is 17.9 Å². The van der Waals surface area contributed by atoms with Crippen molar-refractivity contribution in [2.45, 2.75) is 78.1 Å². The molecular weight excluding hydrogens is 432 g/mol. The van der Waals surface area contributed by atoms with E-state index >= 15 is 0 Å². The van der Waals surface area contributed by atoms with Gasteiger partial charge in [0.05, 0.1) is 11.1 Å². The third-order valence-electron chi connectivity index (χ3n) is 5.44. The van der Waals surface area contributed by atoms with Crippen LogP contribution < -0.4 is 0 Å². The van der Waals surface area contributed by atoms with Crippen LogP contribution in [-0.4, -0.2) is 11.9 Å². The molecule has 6 heteroatoms. The molecule has 0 N–H and O–H groups in total. The molecule has 0 spiro atoms. The Morgan fingerprint density at radius 1 is 0.588 bits per heavy atom. The molecule has 0 aliphatic rings. The zero-order valence-corrected chi connectivity index (χ0v) is 20.3. The maximum Gasteiger partial charge on any atom is 0.386 e. The van der Waals surface area contributed by atoms with Crippen molar-refractivity contribution < 1.29 is 29.1 Å². The molecule has 0 amide bonds. The molecule has 2 rings (SSSR count). The van der Waals surface area contributed by atoms with E-state index < -0.39 is 17.9 Å². The van der Waals surface area contributed by atoms with Crippen LogP contribution in [0.2, 0.25) is 0 Å². The quantitative estimate of drug-likeness (QED) is 0.112. The number of aryl methyl sites for hydroxylation is 2. The summed E-state index contributed by atoms with van der Waals surface area (Å²) in [6.07, 6.45) is 11.5. The number of unbranched alkanes of at least 4 members (excludes halogenated alkanes) is 6. The molecule has 0 unspecified atom stereocenters. The molecule has 0 fully saturated rings. The van der Waals surface area contributed by atoms with Crippen LogP contribution in [0.3, 0.4) is 0 Å². The lowest BCUT2D eigenvalue weighted by Gasteiger charge is -2.08. The van der Waals surface area contributed by atoms with E-state index in [0.717, 1.165) is 36.8 Å². The van der Waals surface area contributed by atoms with Gasteiger partial charge in [0, 0.05) is 0 Å². The van der Waals surface area contributed by atoms with Crippen molar-refractivity contribution >= 4 is 11.9 Å². The summed E-state index contributed by atoms with van der Waals surface area (Å²) < 4.78 is 0. The molecule has 184 valence electrons. The second kappa shape index (κ2) is 15.5. The third-order valence-corrected chi connectivity index (χ3v) is 5.44. The number of carbonyl (C=O) groups excluding carboxylic acids is 2. The van der Waals surface area contributed by atoms with Crippen molar-refractivity contribution in [3.05, 3.63) is 83.3 Å². The second-order valence-electron chi connectivity index (χ2n) is 8.30. The number of benzene rings is 2. The van der Waals surface area contributed by atoms with Gasteiger partial charge in [-0.25, -0.2) is 29.1 Å². The first-order valence-corrected chi connectivity index (χ1v) is 12.2. The van der Waals surface area contributed by atoms with Crippen LogP contribution >= 0.6 is 0 Å². The normalized spacial score (nSPS) is 10.4. The van der Waals surface area contributed by atoms with Crippen LogP contribution in [0.15, 0.2) is 61.1 Å². The van der Waals surface area contributed by atoms with E-state index in [1.165, 1.54) is 38.5 Å². The van der Waals surface area contributed by atoms with E-state index in [0.29, 0.717) is 11.1 Å². The Bertz CT molecular complexity index is 813. The van der Waals surface area contributed by atoms with Crippen molar-refractivity contribution in [3.8, 4) is 0 Å². The SMILES string of the molecule is C=C(OOC(=O)c1ccc(CCCCCC)cc1)OOC(=O)c1ccc(CCCCCC)cc1. The number of rotatable bonds is 16. The lowest BCUT2D eigenvalue weighted by atomic mass is 10.0. The molecule has 2 aromatic rings. The summed E-state index contributed by atoms with van der Waals surface area (Å²) in [7, 11) is 0. The Kier molecular flexibility index (Phi) is 12.3. The van der Waals surface area contributed by atoms with Gasteiger partial charge in [0.15, 0.2) is 0 Å². The molecule has 0 atom stereocenters. The van der Waals surface area contributed by atoms with E-state index in [4.69, 9.17) is 19.6 Å². The summed E-state index contributed by atoms with van der Waals surface area (Å²) in [6.45, 7) is 7.78. The van der Waals surface area contributed by atoms with Crippen LogP contribution in [0, 0.1) is 0 Å². The van der Waals surface area contributed by atoms with Gasteiger partial charge in [0.1, 0.15) is 0 Å². The largest absolute Gasteiger partial charge is 0.386 e. The lowest BCUT2D eigenvalue weighted by molar-refractivity contribution is -0.317. The topological polar surface area (TPSA) is 71.1 Å². The molecule has 0 saturated heterocycles. The van der Waals surface area contributed by atoms with Gasteiger partial charge in [0.2, 0.25) is 0 Å². The molecule has 0 heterocycles. The van der Waals surface area contributed by atoms with Gasteiger partial charge in [-0.05, 0) is 67.7 Å². The van der Waals surface area contributed by atoms with Gasteiger partial charge in [-0.3, -0.25) is 0 Å². The third kappa shape index (κ3) is 10.1. The highest BCUT2D eigenvalue weighted by Gasteiger charge is 2.14. The first-order chi connectivity index (χ1) is 16.5. The van der Waals surface area contributed by atoms with Crippen molar-refractivity contribution in [1.29, 1.82) is 0 Å². The van der Waals surface area contributed by atoms with E-state index in [2.05, 4.69) is 20.4 Å². The molecule has 0 saturated carbocycles. The van der Waals surface area contributed by atoms with Crippen molar-refractivity contribution in [3.63, 3.8) is 0 Å². The van der Waals surface area contributed by atoms with Gasteiger partial charge in [-0.2, -0.15) is 0 Å².